The van der Waals surface area contributed by atoms with Gasteiger partial charge in [0.1, 0.15) is 0 Å². The van der Waals surface area contributed by atoms with Crippen molar-refractivity contribution in [3.8, 4) is 17.7 Å². The second-order valence-electron chi connectivity index (χ2n) is 3.57. The van der Waals surface area contributed by atoms with Gasteiger partial charge in [-0.3, -0.25) is 0 Å². The van der Waals surface area contributed by atoms with Crippen LogP contribution in [0.2, 0.25) is 0 Å². The molecule has 86 valence electrons. The SMILES string of the molecule is OCc1ccc(-c2ccc(-c3ccc[se]3)[se]2)[se]1. The van der Waals surface area contributed by atoms with Crippen molar-refractivity contribution in [2.45, 2.75) is 6.61 Å². The van der Waals surface area contributed by atoms with Crippen LogP contribution in [0.15, 0.2) is 41.3 Å². The van der Waals surface area contributed by atoms with Crippen LogP contribution in [0.4, 0.5) is 0 Å². The van der Waals surface area contributed by atoms with E-state index in [4.69, 9.17) is 5.11 Å². The molecule has 0 spiro atoms. The molecular weight excluding hydrogens is 409 g/mol. The Morgan fingerprint density at radius 1 is 0.824 bits per heavy atom. The summed E-state index contributed by atoms with van der Waals surface area (Å²) in [6.45, 7) is 0.221. The Labute approximate surface area is 118 Å². The van der Waals surface area contributed by atoms with Gasteiger partial charge in [0, 0.05) is 0 Å². The van der Waals surface area contributed by atoms with Crippen LogP contribution in [0.5, 0.6) is 0 Å². The Hall–Kier alpha value is -0.0416. The van der Waals surface area contributed by atoms with E-state index in [0.717, 1.165) is 0 Å². The molecule has 0 fully saturated rings. The molecule has 0 aliphatic heterocycles. The van der Waals surface area contributed by atoms with Crippen LogP contribution in [0, 0.1) is 0 Å². The predicted molar refractivity (Wildman–Crippen MR) is 74.1 cm³/mol. The molecule has 4 heteroatoms. The van der Waals surface area contributed by atoms with E-state index >= 15 is 0 Å². The Kier molecular flexibility index (Phi) is 3.75. The fourth-order valence-corrected chi connectivity index (χ4v) is 8.29. The standard InChI is InChI=1S/C13H10OSe3/c14-8-9-3-4-12(16-9)13-6-5-11(17-13)10-2-1-7-15-10/h1-7,14H,8H2. The molecule has 0 atom stereocenters. The molecule has 1 nitrogen and oxygen atoms in total. The Balaban J connectivity index is 1.94. The molecule has 0 bridgehead atoms. The van der Waals surface area contributed by atoms with Crippen molar-refractivity contribution in [3.05, 3.63) is 45.8 Å². The molecule has 17 heavy (non-hydrogen) atoms. The third-order valence-electron chi connectivity index (χ3n) is 2.43. The van der Waals surface area contributed by atoms with E-state index in [1.807, 2.05) is 0 Å². The fraction of sp³-hybridized carbons (Fsp3) is 0.0769. The van der Waals surface area contributed by atoms with Gasteiger partial charge in [-0.05, 0) is 0 Å². The van der Waals surface area contributed by atoms with Gasteiger partial charge in [-0.1, -0.05) is 0 Å². The number of aliphatic hydroxyl groups is 1. The van der Waals surface area contributed by atoms with E-state index in [2.05, 4.69) is 41.3 Å². The van der Waals surface area contributed by atoms with Crippen molar-refractivity contribution in [2.24, 2.45) is 0 Å². The maximum absolute atomic E-state index is 9.12. The normalized spacial score (nSPS) is 10.9. The second kappa shape index (κ2) is 5.30. The van der Waals surface area contributed by atoms with E-state index in [1.165, 1.54) is 13.3 Å². The zero-order valence-electron chi connectivity index (χ0n) is 8.92. The summed E-state index contributed by atoms with van der Waals surface area (Å²) in [4.78, 5) is 2.28. The average molecular weight is 419 g/mol. The van der Waals surface area contributed by atoms with Crippen molar-refractivity contribution in [1.29, 1.82) is 0 Å². The summed E-state index contributed by atoms with van der Waals surface area (Å²) in [7, 11) is 0. The van der Waals surface area contributed by atoms with Gasteiger partial charge in [0.25, 0.3) is 0 Å². The molecule has 0 saturated heterocycles. The predicted octanol–water partition coefficient (Wildman–Crippen LogP) is 1.68. The van der Waals surface area contributed by atoms with Crippen LogP contribution in [0.3, 0.4) is 0 Å². The van der Waals surface area contributed by atoms with Crippen LogP contribution in [0.25, 0.3) is 17.7 Å². The van der Waals surface area contributed by atoms with E-state index in [-0.39, 0.29) is 6.61 Å². The van der Waals surface area contributed by atoms with Crippen LogP contribution in [-0.4, -0.2) is 48.6 Å². The Morgan fingerprint density at radius 2 is 1.53 bits per heavy atom. The van der Waals surface area contributed by atoms with Gasteiger partial charge in [-0.2, -0.15) is 0 Å². The van der Waals surface area contributed by atoms with Gasteiger partial charge in [0.2, 0.25) is 0 Å². The van der Waals surface area contributed by atoms with Gasteiger partial charge < -0.3 is 0 Å². The van der Waals surface area contributed by atoms with Gasteiger partial charge in [-0.15, -0.1) is 0 Å². The molecule has 0 unspecified atom stereocenters. The van der Waals surface area contributed by atoms with Crippen molar-refractivity contribution in [1.82, 2.24) is 0 Å². The van der Waals surface area contributed by atoms with Crippen molar-refractivity contribution in [2.75, 3.05) is 0 Å². The summed E-state index contributed by atoms with van der Waals surface area (Å²) in [5, 5.41) is 9.12. The van der Waals surface area contributed by atoms with E-state index < -0.39 is 0 Å². The summed E-state index contributed by atoms with van der Waals surface area (Å²) in [5.74, 6) is 0. The molecular formula is C13H10OSe3. The van der Waals surface area contributed by atoms with Gasteiger partial charge in [-0.25, -0.2) is 0 Å². The molecule has 0 saturated carbocycles. The third-order valence-corrected chi connectivity index (χ3v) is 10.4. The summed E-state index contributed by atoms with van der Waals surface area (Å²) < 4.78 is 7.27. The molecule has 3 aromatic rings. The Bertz CT molecular complexity index is 604. The van der Waals surface area contributed by atoms with E-state index in [9.17, 15) is 0 Å². The molecule has 3 aromatic heterocycles. The molecule has 3 heterocycles. The van der Waals surface area contributed by atoms with Gasteiger partial charge in [0.15, 0.2) is 0 Å². The Morgan fingerprint density at radius 3 is 2.18 bits per heavy atom. The number of hydrogen-bond donors (Lipinski definition) is 1. The molecule has 1 N–H and O–H groups in total. The first kappa shape index (κ1) is 12.0. The van der Waals surface area contributed by atoms with Crippen molar-refractivity contribution < 1.29 is 5.11 Å². The zero-order valence-corrected chi connectivity index (χ0v) is 14.1. The molecule has 0 aliphatic rings. The van der Waals surface area contributed by atoms with E-state index in [0.29, 0.717) is 43.5 Å². The minimum absolute atomic E-state index is 0.221. The average Bonchev–Trinajstić information content (AvgIpc) is 3.09. The topological polar surface area (TPSA) is 20.2 Å². The monoisotopic (exact) mass is 422 g/mol. The third kappa shape index (κ3) is 2.54. The van der Waals surface area contributed by atoms with Crippen molar-refractivity contribution in [3.63, 3.8) is 0 Å². The van der Waals surface area contributed by atoms with Crippen LogP contribution < -0.4 is 0 Å². The summed E-state index contributed by atoms with van der Waals surface area (Å²) >= 11 is 1.39. The molecule has 0 aliphatic carbocycles. The van der Waals surface area contributed by atoms with Gasteiger partial charge in [0.05, 0.1) is 0 Å². The first-order valence-electron chi connectivity index (χ1n) is 5.20. The first-order valence-corrected chi connectivity index (χ1v) is 10.5. The first-order chi connectivity index (χ1) is 8.36. The van der Waals surface area contributed by atoms with Crippen LogP contribution in [0.1, 0.15) is 4.44 Å². The number of hydrogen-bond acceptors (Lipinski definition) is 1. The summed E-state index contributed by atoms with van der Waals surface area (Å²) in [6, 6.07) is 13.3. The second-order valence-corrected chi connectivity index (χ2v) is 10.3. The molecule has 0 radical (unpaired) electrons. The quantitative estimate of drug-likeness (QED) is 0.641. The zero-order chi connectivity index (χ0) is 11.7. The van der Waals surface area contributed by atoms with Crippen LogP contribution >= 0.6 is 0 Å². The van der Waals surface area contributed by atoms with E-state index in [1.54, 1.807) is 8.87 Å². The molecule has 0 aromatic carbocycles. The minimum atomic E-state index is 0.221. The number of aliphatic hydroxyl groups excluding tert-OH is 1. The fourth-order valence-electron chi connectivity index (χ4n) is 1.62. The maximum atomic E-state index is 9.12. The summed E-state index contributed by atoms with van der Waals surface area (Å²) in [5.41, 5.74) is 0. The summed E-state index contributed by atoms with van der Waals surface area (Å²) in [6.07, 6.45) is 0. The van der Waals surface area contributed by atoms with Crippen LogP contribution in [-0.2, 0) is 6.61 Å². The molecule has 3 rings (SSSR count). The van der Waals surface area contributed by atoms with Gasteiger partial charge >= 0.3 is 119 Å². The molecule has 0 amide bonds. The number of rotatable bonds is 3. The van der Waals surface area contributed by atoms with Crippen molar-refractivity contribution >= 4 is 43.5 Å².